The van der Waals surface area contributed by atoms with Gasteiger partial charge in [-0.15, -0.1) is 0 Å². The molecule has 0 saturated carbocycles. The number of piperidine rings is 1. The number of carbonyl (C=O) groups excluding carboxylic acids is 1. The Bertz CT molecular complexity index is 1280. The fourth-order valence-electron chi connectivity index (χ4n) is 3.65. The van der Waals surface area contributed by atoms with Crippen LogP contribution in [0.4, 0.5) is 5.82 Å². The highest BCUT2D eigenvalue weighted by Gasteiger charge is 2.20. The number of benzene rings is 2. The Kier molecular flexibility index (Phi) is 7.42. The van der Waals surface area contributed by atoms with Gasteiger partial charge in [0.05, 0.1) is 16.8 Å². The van der Waals surface area contributed by atoms with Crippen LogP contribution < -0.4 is 21.1 Å². The zero-order valence-corrected chi connectivity index (χ0v) is 19.9. The highest BCUT2D eigenvalue weighted by atomic mass is 35.5. The largest absolute Gasteiger partial charge is 0.382 e. The molecule has 1 aliphatic rings. The van der Waals surface area contributed by atoms with Gasteiger partial charge in [-0.25, -0.2) is 23.1 Å². The molecular weight excluding hydrogens is 476 g/mol. The second-order valence-corrected chi connectivity index (χ2v) is 10.2. The lowest BCUT2D eigenvalue weighted by molar-refractivity contribution is 0.0926. The van der Waals surface area contributed by atoms with Gasteiger partial charge < -0.3 is 16.4 Å². The third-order valence-corrected chi connectivity index (χ3v) is 7.13. The molecule has 34 heavy (non-hydrogen) atoms. The number of anilines is 1. The molecule has 1 aromatic heterocycles. The maximum atomic E-state index is 12.7. The number of hydrogen-bond donors (Lipinski definition) is 4. The van der Waals surface area contributed by atoms with Crippen molar-refractivity contribution >= 4 is 33.3 Å². The molecule has 2 aromatic carbocycles. The van der Waals surface area contributed by atoms with E-state index in [2.05, 4.69) is 25.3 Å². The van der Waals surface area contributed by atoms with E-state index in [1.807, 2.05) is 6.07 Å². The summed E-state index contributed by atoms with van der Waals surface area (Å²) in [6.45, 7) is 1.71. The topological polar surface area (TPSA) is 139 Å². The molecule has 9 nitrogen and oxygen atoms in total. The highest BCUT2D eigenvalue weighted by Crippen LogP contribution is 2.21. The van der Waals surface area contributed by atoms with Crippen molar-refractivity contribution < 1.29 is 13.2 Å². The van der Waals surface area contributed by atoms with Crippen molar-refractivity contribution in [2.24, 2.45) is 0 Å². The lowest BCUT2D eigenvalue weighted by Gasteiger charge is -2.23. The first-order valence-corrected chi connectivity index (χ1v) is 12.7. The Morgan fingerprint density at radius 3 is 2.74 bits per heavy atom. The predicted octanol–water partition coefficient (Wildman–Crippen LogP) is 2.34. The molecule has 5 N–H and O–H groups in total. The van der Waals surface area contributed by atoms with Gasteiger partial charge in [0.2, 0.25) is 10.0 Å². The van der Waals surface area contributed by atoms with Crippen molar-refractivity contribution in [3.8, 4) is 11.3 Å². The number of halogens is 1. The Hall–Kier alpha value is -3.05. The molecule has 0 bridgehead atoms. The second-order valence-electron chi connectivity index (χ2n) is 7.98. The van der Waals surface area contributed by atoms with Gasteiger partial charge in [0, 0.05) is 29.7 Å². The lowest BCUT2D eigenvalue weighted by Crippen LogP contribution is -2.46. The van der Waals surface area contributed by atoms with Crippen LogP contribution in [0.25, 0.3) is 11.3 Å². The van der Waals surface area contributed by atoms with Crippen LogP contribution in [-0.2, 0) is 16.6 Å². The summed E-state index contributed by atoms with van der Waals surface area (Å²) in [5, 5.41) is 6.66. The Labute approximate surface area is 203 Å². The molecule has 1 atom stereocenters. The lowest BCUT2D eigenvalue weighted by atomic mass is 10.1. The fraction of sp³-hybridized carbons (Fsp3) is 0.261. The summed E-state index contributed by atoms with van der Waals surface area (Å²) in [4.78, 5) is 21.5. The first kappa shape index (κ1) is 24.1. The molecule has 178 valence electrons. The number of carbonyl (C=O) groups is 1. The standard InChI is InChI=1S/C23H25ClN6O3S/c24-17-6-8-19(9-7-17)34(32,33)28-12-15-3-1-4-16(11-15)20-14-27-22(25)21(30-20)23(31)29-18-5-2-10-26-13-18/h1,3-4,6-9,11,14,18,26,28H,2,5,10,12-13H2,(H2,25,27)(H,29,31). The minimum absolute atomic E-state index is 0.0168. The van der Waals surface area contributed by atoms with E-state index in [0.29, 0.717) is 28.4 Å². The Morgan fingerprint density at radius 1 is 1.21 bits per heavy atom. The van der Waals surface area contributed by atoms with Crippen molar-refractivity contribution in [2.75, 3.05) is 18.8 Å². The van der Waals surface area contributed by atoms with Gasteiger partial charge in [0.15, 0.2) is 11.5 Å². The zero-order valence-electron chi connectivity index (χ0n) is 18.3. The van der Waals surface area contributed by atoms with Gasteiger partial charge in [-0.3, -0.25) is 4.79 Å². The number of rotatable bonds is 7. The molecule has 1 amide bonds. The molecule has 4 rings (SSSR count). The van der Waals surface area contributed by atoms with E-state index in [4.69, 9.17) is 17.3 Å². The van der Waals surface area contributed by atoms with E-state index in [-0.39, 0.29) is 34.9 Å². The number of nitrogens with two attached hydrogens (primary N) is 1. The van der Waals surface area contributed by atoms with Crippen LogP contribution in [0.2, 0.25) is 5.02 Å². The van der Waals surface area contributed by atoms with E-state index in [9.17, 15) is 13.2 Å². The van der Waals surface area contributed by atoms with E-state index in [0.717, 1.165) is 19.4 Å². The molecular formula is C23H25ClN6O3S. The van der Waals surface area contributed by atoms with Gasteiger partial charge in [-0.2, -0.15) is 0 Å². The average molecular weight is 501 g/mol. The zero-order chi connectivity index (χ0) is 24.1. The SMILES string of the molecule is Nc1ncc(-c2cccc(CNS(=O)(=O)c3ccc(Cl)cc3)c2)nc1C(=O)NC1CCCNC1. The van der Waals surface area contributed by atoms with E-state index >= 15 is 0 Å². The molecule has 1 aliphatic heterocycles. The normalized spacial score (nSPS) is 16.2. The van der Waals surface area contributed by atoms with Crippen molar-refractivity contribution in [1.82, 2.24) is 25.3 Å². The van der Waals surface area contributed by atoms with Gasteiger partial charge in [-0.1, -0.05) is 29.8 Å². The van der Waals surface area contributed by atoms with Crippen molar-refractivity contribution in [2.45, 2.75) is 30.3 Å². The van der Waals surface area contributed by atoms with Gasteiger partial charge in [0.25, 0.3) is 5.91 Å². The number of nitrogens with zero attached hydrogens (tertiary/aromatic N) is 2. The summed E-state index contributed by atoms with van der Waals surface area (Å²) in [6.07, 6.45) is 3.37. The third kappa shape index (κ3) is 5.89. The number of nitrogen functional groups attached to an aromatic ring is 1. The maximum Gasteiger partial charge on any atom is 0.274 e. The van der Waals surface area contributed by atoms with E-state index in [1.165, 1.54) is 30.5 Å². The summed E-state index contributed by atoms with van der Waals surface area (Å²) in [5.74, 6) is -0.315. The van der Waals surface area contributed by atoms with Crippen LogP contribution in [-0.4, -0.2) is 43.4 Å². The van der Waals surface area contributed by atoms with Crippen molar-refractivity contribution in [3.63, 3.8) is 0 Å². The molecule has 1 unspecified atom stereocenters. The summed E-state index contributed by atoms with van der Waals surface area (Å²) in [6, 6.07) is 13.1. The monoisotopic (exact) mass is 500 g/mol. The van der Waals surface area contributed by atoms with Crippen LogP contribution in [0.3, 0.4) is 0 Å². The number of sulfonamides is 1. The highest BCUT2D eigenvalue weighted by molar-refractivity contribution is 7.89. The molecule has 1 fully saturated rings. The van der Waals surface area contributed by atoms with Gasteiger partial charge >= 0.3 is 0 Å². The van der Waals surface area contributed by atoms with Crippen LogP contribution in [0.1, 0.15) is 28.9 Å². The summed E-state index contributed by atoms with van der Waals surface area (Å²) >= 11 is 5.84. The minimum Gasteiger partial charge on any atom is -0.382 e. The third-order valence-electron chi connectivity index (χ3n) is 5.46. The Balaban J connectivity index is 1.49. The van der Waals surface area contributed by atoms with Crippen LogP contribution in [0.5, 0.6) is 0 Å². The second kappa shape index (κ2) is 10.5. The summed E-state index contributed by atoms with van der Waals surface area (Å²) < 4.78 is 27.7. The molecule has 0 radical (unpaired) electrons. The Morgan fingerprint density at radius 2 is 2.00 bits per heavy atom. The number of nitrogens with one attached hydrogen (secondary N) is 3. The molecule has 3 aromatic rings. The van der Waals surface area contributed by atoms with Crippen LogP contribution >= 0.6 is 11.6 Å². The first-order valence-electron chi connectivity index (χ1n) is 10.8. The van der Waals surface area contributed by atoms with Gasteiger partial charge in [-0.05, 0) is 55.3 Å². The molecule has 11 heteroatoms. The molecule has 2 heterocycles. The average Bonchev–Trinajstić information content (AvgIpc) is 2.84. The van der Waals surface area contributed by atoms with Gasteiger partial charge in [0.1, 0.15) is 0 Å². The molecule has 1 saturated heterocycles. The minimum atomic E-state index is -3.70. The van der Waals surface area contributed by atoms with E-state index in [1.54, 1.807) is 18.2 Å². The number of amides is 1. The number of aromatic nitrogens is 2. The van der Waals surface area contributed by atoms with Crippen molar-refractivity contribution in [1.29, 1.82) is 0 Å². The smallest absolute Gasteiger partial charge is 0.274 e. The van der Waals surface area contributed by atoms with Crippen LogP contribution in [0, 0.1) is 0 Å². The number of hydrogen-bond acceptors (Lipinski definition) is 7. The fourth-order valence-corrected chi connectivity index (χ4v) is 4.79. The van der Waals surface area contributed by atoms with E-state index < -0.39 is 10.0 Å². The predicted molar refractivity (Wildman–Crippen MR) is 131 cm³/mol. The van der Waals surface area contributed by atoms with Crippen molar-refractivity contribution in [3.05, 3.63) is 71.0 Å². The molecule has 0 spiro atoms. The first-order chi connectivity index (χ1) is 16.3. The summed E-state index contributed by atoms with van der Waals surface area (Å²) in [5.41, 5.74) is 7.86. The maximum absolute atomic E-state index is 12.7. The summed E-state index contributed by atoms with van der Waals surface area (Å²) in [7, 11) is -3.70. The quantitative estimate of drug-likeness (QED) is 0.390. The van der Waals surface area contributed by atoms with Crippen LogP contribution in [0.15, 0.2) is 59.6 Å². The molecule has 0 aliphatic carbocycles.